The molecule has 2 nitrogen and oxygen atoms in total. The van der Waals surface area contributed by atoms with Gasteiger partial charge in [-0.1, -0.05) is 11.6 Å². The van der Waals surface area contributed by atoms with Crippen LogP contribution in [-0.2, 0) is 6.54 Å². The van der Waals surface area contributed by atoms with Gasteiger partial charge in [-0.3, -0.25) is 0 Å². The number of aromatic nitrogens is 1. The third-order valence-corrected chi connectivity index (χ3v) is 2.94. The number of hydrogen-bond acceptors (Lipinski definition) is 1. The molecule has 1 heterocycles. The SMILES string of the molecule is CCn1cc(C(C)N)c2cc(Cl)ccc21. The van der Waals surface area contributed by atoms with Crippen molar-refractivity contribution in [3.8, 4) is 0 Å². The summed E-state index contributed by atoms with van der Waals surface area (Å²) in [5.41, 5.74) is 8.31. The van der Waals surface area contributed by atoms with Crippen LogP contribution in [0.4, 0.5) is 0 Å². The van der Waals surface area contributed by atoms with Gasteiger partial charge in [0.15, 0.2) is 0 Å². The molecule has 2 aromatic rings. The molecular weight excluding hydrogens is 208 g/mol. The molecule has 1 unspecified atom stereocenters. The minimum Gasteiger partial charge on any atom is -0.347 e. The molecule has 0 fully saturated rings. The van der Waals surface area contributed by atoms with E-state index in [1.165, 1.54) is 10.9 Å². The van der Waals surface area contributed by atoms with E-state index in [2.05, 4.69) is 17.7 Å². The number of rotatable bonds is 2. The van der Waals surface area contributed by atoms with Gasteiger partial charge < -0.3 is 10.3 Å². The predicted molar refractivity (Wildman–Crippen MR) is 65.2 cm³/mol. The van der Waals surface area contributed by atoms with Crippen LogP contribution in [-0.4, -0.2) is 4.57 Å². The molecule has 0 bridgehead atoms. The van der Waals surface area contributed by atoms with Crippen molar-refractivity contribution in [2.24, 2.45) is 5.73 Å². The summed E-state index contributed by atoms with van der Waals surface area (Å²) < 4.78 is 2.20. The topological polar surface area (TPSA) is 30.9 Å². The quantitative estimate of drug-likeness (QED) is 0.830. The number of halogens is 1. The van der Waals surface area contributed by atoms with Crippen LogP contribution in [0.5, 0.6) is 0 Å². The summed E-state index contributed by atoms with van der Waals surface area (Å²) in [5, 5.41) is 1.93. The van der Waals surface area contributed by atoms with Gasteiger partial charge >= 0.3 is 0 Å². The number of nitrogens with two attached hydrogens (primary N) is 1. The summed E-state index contributed by atoms with van der Waals surface area (Å²) in [4.78, 5) is 0. The zero-order chi connectivity index (χ0) is 11.0. The first-order chi connectivity index (χ1) is 7.13. The second-order valence-electron chi connectivity index (χ2n) is 3.82. The van der Waals surface area contributed by atoms with Gasteiger partial charge in [0.1, 0.15) is 0 Å². The first-order valence-electron chi connectivity index (χ1n) is 5.17. The van der Waals surface area contributed by atoms with Crippen LogP contribution in [0.25, 0.3) is 10.9 Å². The number of benzene rings is 1. The Balaban J connectivity index is 2.76. The largest absolute Gasteiger partial charge is 0.347 e. The molecule has 1 atom stereocenters. The highest BCUT2D eigenvalue weighted by atomic mass is 35.5. The van der Waals surface area contributed by atoms with Crippen LogP contribution in [0.15, 0.2) is 24.4 Å². The number of fused-ring (bicyclic) bond motifs is 1. The number of nitrogens with zero attached hydrogens (tertiary/aromatic N) is 1. The highest BCUT2D eigenvalue weighted by Crippen LogP contribution is 2.27. The maximum absolute atomic E-state index is 6.00. The molecule has 1 aromatic heterocycles. The molecule has 2 N–H and O–H groups in total. The molecule has 3 heteroatoms. The summed E-state index contributed by atoms with van der Waals surface area (Å²) in [6.07, 6.45) is 2.12. The van der Waals surface area contributed by atoms with E-state index in [1.807, 2.05) is 25.1 Å². The van der Waals surface area contributed by atoms with E-state index in [0.717, 1.165) is 17.1 Å². The minimum atomic E-state index is 0.0405. The molecule has 15 heavy (non-hydrogen) atoms. The Hall–Kier alpha value is -0.990. The van der Waals surface area contributed by atoms with Gasteiger partial charge in [0.2, 0.25) is 0 Å². The normalized spacial score (nSPS) is 13.3. The zero-order valence-corrected chi connectivity index (χ0v) is 9.75. The van der Waals surface area contributed by atoms with Crippen molar-refractivity contribution < 1.29 is 0 Å². The predicted octanol–water partition coefficient (Wildman–Crippen LogP) is 3.33. The van der Waals surface area contributed by atoms with Crippen LogP contribution in [0, 0.1) is 0 Å². The fourth-order valence-electron chi connectivity index (χ4n) is 1.92. The van der Waals surface area contributed by atoms with Gasteiger partial charge in [0.05, 0.1) is 0 Å². The molecule has 0 amide bonds. The van der Waals surface area contributed by atoms with E-state index in [1.54, 1.807) is 0 Å². The lowest BCUT2D eigenvalue weighted by atomic mass is 10.1. The molecule has 0 aliphatic heterocycles. The highest BCUT2D eigenvalue weighted by molar-refractivity contribution is 6.31. The Bertz CT molecular complexity index is 486. The molecule has 2 rings (SSSR count). The molecule has 1 aromatic carbocycles. The number of aryl methyl sites for hydroxylation is 1. The third kappa shape index (κ3) is 1.75. The Kier molecular flexibility index (Phi) is 2.72. The molecule has 0 radical (unpaired) electrons. The smallest absolute Gasteiger partial charge is 0.0484 e. The zero-order valence-electron chi connectivity index (χ0n) is 9.00. The lowest BCUT2D eigenvalue weighted by Gasteiger charge is -2.02. The summed E-state index contributed by atoms with van der Waals surface area (Å²) in [6.45, 7) is 5.07. The van der Waals surface area contributed by atoms with Crippen LogP contribution in [0.3, 0.4) is 0 Å². The summed E-state index contributed by atoms with van der Waals surface area (Å²) >= 11 is 6.00. The van der Waals surface area contributed by atoms with Gasteiger partial charge in [-0.2, -0.15) is 0 Å². The Morgan fingerprint density at radius 2 is 2.20 bits per heavy atom. The van der Waals surface area contributed by atoms with Crippen LogP contribution in [0.2, 0.25) is 5.02 Å². The molecule has 0 saturated heterocycles. The van der Waals surface area contributed by atoms with Crippen LogP contribution >= 0.6 is 11.6 Å². The van der Waals surface area contributed by atoms with E-state index in [9.17, 15) is 0 Å². The molecule has 0 saturated carbocycles. The maximum Gasteiger partial charge on any atom is 0.0484 e. The van der Waals surface area contributed by atoms with Crippen molar-refractivity contribution >= 4 is 22.5 Å². The van der Waals surface area contributed by atoms with Crippen molar-refractivity contribution in [1.29, 1.82) is 0 Å². The molecule has 80 valence electrons. The fraction of sp³-hybridized carbons (Fsp3) is 0.333. The van der Waals surface area contributed by atoms with Crippen molar-refractivity contribution in [3.05, 3.63) is 35.0 Å². The van der Waals surface area contributed by atoms with Crippen molar-refractivity contribution in [3.63, 3.8) is 0 Å². The summed E-state index contributed by atoms with van der Waals surface area (Å²) in [7, 11) is 0. The fourth-order valence-corrected chi connectivity index (χ4v) is 2.09. The third-order valence-electron chi connectivity index (χ3n) is 2.71. The van der Waals surface area contributed by atoms with E-state index in [-0.39, 0.29) is 6.04 Å². The average molecular weight is 223 g/mol. The van der Waals surface area contributed by atoms with Gasteiger partial charge in [-0.05, 0) is 37.6 Å². The molecule has 0 aliphatic carbocycles. The summed E-state index contributed by atoms with van der Waals surface area (Å²) in [6, 6.07) is 5.99. The molecule has 0 spiro atoms. The first-order valence-corrected chi connectivity index (χ1v) is 5.55. The monoisotopic (exact) mass is 222 g/mol. The van der Waals surface area contributed by atoms with E-state index >= 15 is 0 Å². The van der Waals surface area contributed by atoms with Gasteiger partial charge in [0.25, 0.3) is 0 Å². The number of hydrogen-bond donors (Lipinski definition) is 1. The van der Waals surface area contributed by atoms with Gasteiger partial charge in [0, 0.05) is 34.7 Å². The van der Waals surface area contributed by atoms with Crippen molar-refractivity contribution in [2.45, 2.75) is 26.4 Å². The van der Waals surface area contributed by atoms with E-state index < -0.39 is 0 Å². The Morgan fingerprint density at radius 1 is 1.47 bits per heavy atom. The van der Waals surface area contributed by atoms with E-state index in [0.29, 0.717) is 0 Å². The lowest BCUT2D eigenvalue weighted by Crippen LogP contribution is -2.03. The highest BCUT2D eigenvalue weighted by Gasteiger charge is 2.10. The average Bonchev–Trinajstić information content (AvgIpc) is 2.55. The van der Waals surface area contributed by atoms with Crippen LogP contribution in [0.1, 0.15) is 25.5 Å². The standard InChI is InChI=1S/C12H15ClN2/c1-3-15-7-11(8(2)14)10-6-9(13)4-5-12(10)15/h4-8H,3,14H2,1-2H3. The summed E-state index contributed by atoms with van der Waals surface area (Å²) in [5.74, 6) is 0. The molecular formula is C12H15ClN2. The van der Waals surface area contributed by atoms with Crippen LogP contribution < -0.4 is 5.73 Å². The van der Waals surface area contributed by atoms with E-state index in [4.69, 9.17) is 17.3 Å². The van der Waals surface area contributed by atoms with Gasteiger partial charge in [-0.15, -0.1) is 0 Å². The molecule has 0 aliphatic rings. The second-order valence-corrected chi connectivity index (χ2v) is 4.26. The van der Waals surface area contributed by atoms with Crippen molar-refractivity contribution in [1.82, 2.24) is 4.57 Å². The van der Waals surface area contributed by atoms with Crippen molar-refractivity contribution in [2.75, 3.05) is 0 Å². The minimum absolute atomic E-state index is 0.0405. The maximum atomic E-state index is 6.00. The second kappa shape index (κ2) is 3.87. The Labute approximate surface area is 94.6 Å². The van der Waals surface area contributed by atoms with Gasteiger partial charge in [-0.25, -0.2) is 0 Å². The Morgan fingerprint density at radius 3 is 2.80 bits per heavy atom. The first kappa shape index (κ1) is 10.5. The lowest BCUT2D eigenvalue weighted by molar-refractivity contribution is 0.770.